The molecule has 1 aliphatic rings. The van der Waals surface area contributed by atoms with Crippen molar-refractivity contribution in [1.82, 2.24) is 15.6 Å². The standard InChI is InChI=1S/C15H15N5O2/c1-2-17-14(22)12-9(7-11-13(21)20-15(16)19-11)8-5-3-4-6-10(8)18-12/h3-7,18H,2H2,1H3,(H,17,22)(H3,16,19,20,21)/b11-7-. The predicted octanol–water partition coefficient (Wildman–Crippen LogP) is 0.703. The Morgan fingerprint density at radius 3 is 2.86 bits per heavy atom. The van der Waals surface area contributed by atoms with Crippen molar-refractivity contribution < 1.29 is 9.59 Å². The summed E-state index contributed by atoms with van der Waals surface area (Å²) in [6, 6.07) is 7.48. The number of fused-ring (bicyclic) bond motifs is 1. The number of nitrogens with two attached hydrogens (primary N) is 1. The molecule has 3 rings (SSSR count). The minimum Gasteiger partial charge on any atom is -0.369 e. The number of amides is 2. The molecule has 0 aliphatic carbocycles. The number of nitrogens with zero attached hydrogens (tertiary/aromatic N) is 1. The van der Waals surface area contributed by atoms with Crippen molar-refractivity contribution in [2.45, 2.75) is 6.92 Å². The number of carbonyl (C=O) groups is 2. The molecule has 0 unspecified atom stereocenters. The van der Waals surface area contributed by atoms with Crippen LogP contribution in [0.3, 0.4) is 0 Å². The van der Waals surface area contributed by atoms with Gasteiger partial charge in [-0.2, -0.15) is 0 Å². The minimum absolute atomic E-state index is 0.0515. The second-order valence-corrected chi connectivity index (χ2v) is 4.80. The molecule has 2 amide bonds. The molecule has 7 nitrogen and oxygen atoms in total. The van der Waals surface area contributed by atoms with Gasteiger partial charge in [-0.1, -0.05) is 18.2 Å². The van der Waals surface area contributed by atoms with Crippen LogP contribution in [0.5, 0.6) is 0 Å². The van der Waals surface area contributed by atoms with Crippen molar-refractivity contribution in [3.63, 3.8) is 0 Å². The van der Waals surface area contributed by atoms with Crippen molar-refractivity contribution in [2.24, 2.45) is 10.7 Å². The molecule has 5 N–H and O–H groups in total. The van der Waals surface area contributed by atoms with E-state index in [9.17, 15) is 9.59 Å². The van der Waals surface area contributed by atoms with Crippen molar-refractivity contribution in [3.05, 3.63) is 41.2 Å². The second-order valence-electron chi connectivity index (χ2n) is 4.80. The first-order valence-electron chi connectivity index (χ1n) is 6.86. The van der Waals surface area contributed by atoms with Gasteiger partial charge in [-0.25, -0.2) is 4.99 Å². The molecule has 1 aromatic carbocycles. The molecule has 0 saturated heterocycles. The van der Waals surface area contributed by atoms with Gasteiger partial charge in [-0.3, -0.25) is 14.9 Å². The van der Waals surface area contributed by atoms with E-state index in [1.54, 1.807) is 6.08 Å². The van der Waals surface area contributed by atoms with Gasteiger partial charge in [0.25, 0.3) is 11.8 Å². The molecule has 2 heterocycles. The lowest BCUT2D eigenvalue weighted by Crippen LogP contribution is -2.30. The molecule has 0 radical (unpaired) electrons. The van der Waals surface area contributed by atoms with Crippen LogP contribution in [0.2, 0.25) is 0 Å². The fourth-order valence-electron chi connectivity index (χ4n) is 2.36. The number of aromatic amines is 1. The zero-order valence-electron chi connectivity index (χ0n) is 11.9. The number of aliphatic imine (C=N–C) groups is 1. The fraction of sp³-hybridized carbons (Fsp3) is 0.133. The third kappa shape index (κ3) is 2.32. The Labute approximate surface area is 126 Å². The molecule has 2 aromatic rings. The van der Waals surface area contributed by atoms with Crippen LogP contribution in [0, 0.1) is 0 Å². The summed E-state index contributed by atoms with van der Waals surface area (Å²) in [4.78, 5) is 31.0. The summed E-state index contributed by atoms with van der Waals surface area (Å²) in [5, 5.41) is 6.00. The van der Waals surface area contributed by atoms with E-state index >= 15 is 0 Å². The largest absolute Gasteiger partial charge is 0.369 e. The highest BCUT2D eigenvalue weighted by molar-refractivity contribution is 6.15. The topological polar surface area (TPSA) is 112 Å². The van der Waals surface area contributed by atoms with Crippen LogP contribution in [0.4, 0.5) is 0 Å². The normalized spacial score (nSPS) is 16.0. The monoisotopic (exact) mass is 297 g/mol. The molecule has 1 aliphatic heterocycles. The summed E-state index contributed by atoms with van der Waals surface area (Å²) >= 11 is 0. The number of benzene rings is 1. The SMILES string of the molecule is CCNC(=O)c1[nH]c2ccccc2c1/C=C1\N=C(N)NC1=O. The molecule has 0 spiro atoms. The number of H-pyrrole nitrogens is 1. The van der Waals surface area contributed by atoms with Crippen LogP contribution in [-0.2, 0) is 4.79 Å². The van der Waals surface area contributed by atoms with E-state index in [2.05, 4.69) is 20.6 Å². The van der Waals surface area contributed by atoms with Gasteiger partial charge in [0.15, 0.2) is 0 Å². The smallest absolute Gasteiger partial charge is 0.276 e. The number of carbonyl (C=O) groups excluding carboxylic acids is 2. The van der Waals surface area contributed by atoms with Crippen molar-refractivity contribution in [3.8, 4) is 0 Å². The maximum Gasteiger partial charge on any atom is 0.276 e. The van der Waals surface area contributed by atoms with Gasteiger partial charge in [0.2, 0.25) is 5.96 Å². The van der Waals surface area contributed by atoms with E-state index in [4.69, 9.17) is 5.73 Å². The molecular weight excluding hydrogens is 282 g/mol. The Morgan fingerprint density at radius 2 is 2.18 bits per heavy atom. The van der Waals surface area contributed by atoms with Crippen LogP contribution in [0.1, 0.15) is 23.0 Å². The summed E-state index contributed by atoms with van der Waals surface area (Å²) in [6.07, 6.45) is 1.57. The molecule has 0 saturated carbocycles. The third-order valence-corrected chi connectivity index (χ3v) is 3.31. The Morgan fingerprint density at radius 1 is 1.41 bits per heavy atom. The quantitative estimate of drug-likeness (QED) is 0.625. The molecular formula is C15H15N5O2. The van der Waals surface area contributed by atoms with Crippen molar-refractivity contribution in [1.29, 1.82) is 0 Å². The lowest BCUT2D eigenvalue weighted by atomic mass is 10.1. The molecule has 112 valence electrons. The van der Waals surface area contributed by atoms with Crippen molar-refractivity contribution in [2.75, 3.05) is 6.54 Å². The van der Waals surface area contributed by atoms with Crippen LogP contribution in [-0.4, -0.2) is 29.3 Å². The van der Waals surface area contributed by atoms with Gasteiger partial charge in [0.05, 0.1) is 0 Å². The summed E-state index contributed by atoms with van der Waals surface area (Å²) in [6.45, 7) is 2.35. The average Bonchev–Trinajstić information content (AvgIpc) is 3.00. The van der Waals surface area contributed by atoms with Gasteiger partial charge in [-0.05, 0) is 19.1 Å². The zero-order chi connectivity index (χ0) is 15.7. The van der Waals surface area contributed by atoms with E-state index in [1.807, 2.05) is 31.2 Å². The summed E-state index contributed by atoms with van der Waals surface area (Å²) in [5.41, 5.74) is 7.49. The molecule has 22 heavy (non-hydrogen) atoms. The summed E-state index contributed by atoms with van der Waals surface area (Å²) < 4.78 is 0. The lowest BCUT2D eigenvalue weighted by Gasteiger charge is -2.01. The van der Waals surface area contributed by atoms with E-state index in [0.29, 0.717) is 17.8 Å². The van der Waals surface area contributed by atoms with Gasteiger partial charge in [0, 0.05) is 23.0 Å². The van der Waals surface area contributed by atoms with Gasteiger partial charge in [0.1, 0.15) is 11.4 Å². The number of hydrogen-bond acceptors (Lipinski definition) is 4. The van der Waals surface area contributed by atoms with Crippen molar-refractivity contribution >= 4 is 34.8 Å². The molecule has 0 atom stereocenters. The van der Waals surface area contributed by atoms with Crippen LogP contribution in [0.15, 0.2) is 35.0 Å². The lowest BCUT2D eigenvalue weighted by molar-refractivity contribution is -0.115. The molecule has 1 aromatic heterocycles. The average molecular weight is 297 g/mol. The Kier molecular flexibility index (Phi) is 3.38. The predicted molar refractivity (Wildman–Crippen MR) is 84.0 cm³/mol. The van der Waals surface area contributed by atoms with Crippen LogP contribution in [0.25, 0.3) is 17.0 Å². The maximum atomic E-state index is 12.2. The summed E-state index contributed by atoms with van der Waals surface area (Å²) in [5.74, 6) is -0.568. The number of hydrogen-bond donors (Lipinski definition) is 4. The van der Waals surface area contributed by atoms with E-state index in [-0.39, 0.29) is 23.5 Å². The van der Waals surface area contributed by atoms with E-state index in [0.717, 1.165) is 10.9 Å². The van der Waals surface area contributed by atoms with Crippen LogP contribution < -0.4 is 16.4 Å². The molecule has 0 fully saturated rings. The molecule has 7 heteroatoms. The fourth-order valence-corrected chi connectivity index (χ4v) is 2.36. The zero-order valence-corrected chi connectivity index (χ0v) is 11.9. The summed E-state index contributed by atoms with van der Waals surface area (Å²) in [7, 11) is 0. The first kappa shape index (κ1) is 13.9. The first-order valence-corrected chi connectivity index (χ1v) is 6.86. The number of guanidine groups is 1. The Bertz CT molecular complexity index is 832. The Hall–Kier alpha value is -3.09. The first-order chi connectivity index (χ1) is 10.6. The minimum atomic E-state index is -0.385. The number of nitrogens with one attached hydrogen (secondary N) is 3. The highest BCUT2D eigenvalue weighted by Gasteiger charge is 2.21. The molecule has 0 bridgehead atoms. The highest BCUT2D eigenvalue weighted by atomic mass is 16.2. The Balaban J connectivity index is 2.18. The van der Waals surface area contributed by atoms with E-state index in [1.165, 1.54) is 0 Å². The van der Waals surface area contributed by atoms with E-state index < -0.39 is 0 Å². The second kappa shape index (κ2) is 5.36. The number of para-hydroxylation sites is 1. The highest BCUT2D eigenvalue weighted by Crippen LogP contribution is 2.25. The van der Waals surface area contributed by atoms with Crippen LogP contribution >= 0.6 is 0 Å². The third-order valence-electron chi connectivity index (χ3n) is 3.31. The van der Waals surface area contributed by atoms with Gasteiger partial charge in [-0.15, -0.1) is 0 Å². The number of rotatable bonds is 3. The van der Waals surface area contributed by atoms with Gasteiger partial charge < -0.3 is 16.0 Å². The maximum absolute atomic E-state index is 12.2. The van der Waals surface area contributed by atoms with Gasteiger partial charge >= 0.3 is 0 Å². The number of aromatic nitrogens is 1.